The zero-order chi connectivity index (χ0) is 11.9. The molecule has 2 aliphatic heterocycles. The first-order valence-electron chi connectivity index (χ1n) is 6.55. The maximum absolute atomic E-state index is 4.44. The maximum atomic E-state index is 4.44. The summed E-state index contributed by atoms with van der Waals surface area (Å²) in [6.07, 6.45) is 5.95. The molecule has 6 heteroatoms. The molecule has 1 atom stereocenters. The Morgan fingerprint density at radius 2 is 2.17 bits per heavy atom. The molecule has 6 nitrogen and oxygen atoms in total. The van der Waals surface area contributed by atoms with Crippen LogP contribution < -0.4 is 4.90 Å². The highest BCUT2D eigenvalue weighted by Crippen LogP contribution is 2.26. The number of H-pyrrole nitrogens is 1. The van der Waals surface area contributed by atoms with E-state index < -0.39 is 0 Å². The normalized spacial score (nSPS) is 24.7. The Hall–Kier alpha value is -1.69. The third-order valence-corrected chi connectivity index (χ3v) is 4.09. The fourth-order valence-corrected chi connectivity index (χ4v) is 3.18. The molecule has 0 radical (unpaired) electrons. The molecule has 2 aromatic rings. The highest BCUT2D eigenvalue weighted by atomic mass is 15.3. The Balaban J connectivity index is 1.68. The van der Waals surface area contributed by atoms with Crippen LogP contribution in [-0.2, 0) is 0 Å². The van der Waals surface area contributed by atoms with Gasteiger partial charge in [-0.2, -0.15) is 0 Å². The van der Waals surface area contributed by atoms with Gasteiger partial charge in [-0.25, -0.2) is 15.0 Å². The van der Waals surface area contributed by atoms with Crippen LogP contribution in [0.2, 0.25) is 0 Å². The minimum atomic E-state index is 0.701. The van der Waals surface area contributed by atoms with Crippen molar-refractivity contribution in [1.82, 2.24) is 24.8 Å². The molecule has 94 valence electrons. The summed E-state index contributed by atoms with van der Waals surface area (Å²) in [6, 6.07) is 0.701. The smallest absolute Gasteiger partial charge is 0.182 e. The van der Waals surface area contributed by atoms with Gasteiger partial charge in [-0.3, -0.25) is 4.90 Å². The molecule has 2 aromatic heterocycles. The average molecular weight is 244 g/mol. The van der Waals surface area contributed by atoms with Crippen LogP contribution in [0.15, 0.2) is 12.7 Å². The molecule has 4 rings (SSSR count). The van der Waals surface area contributed by atoms with Crippen molar-refractivity contribution < 1.29 is 0 Å². The predicted octanol–water partition coefficient (Wildman–Crippen LogP) is 0.637. The van der Waals surface area contributed by atoms with Gasteiger partial charge < -0.3 is 9.88 Å². The monoisotopic (exact) mass is 244 g/mol. The van der Waals surface area contributed by atoms with E-state index in [0.717, 1.165) is 36.6 Å². The van der Waals surface area contributed by atoms with Gasteiger partial charge in [-0.1, -0.05) is 0 Å². The number of piperazine rings is 1. The van der Waals surface area contributed by atoms with Gasteiger partial charge in [-0.05, 0) is 19.4 Å². The van der Waals surface area contributed by atoms with Gasteiger partial charge in [-0.15, -0.1) is 0 Å². The van der Waals surface area contributed by atoms with Crippen molar-refractivity contribution >= 4 is 17.0 Å². The summed E-state index contributed by atoms with van der Waals surface area (Å²) < 4.78 is 0. The fraction of sp³-hybridized carbons (Fsp3) is 0.583. The SMILES string of the molecule is c1nc(N2CCN3CCCC3C2)c2[nH]cnc2n1. The van der Waals surface area contributed by atoms with Crippen molar-refractivity contribution in [3.8, 4) is 0 Å². The standard InChI is InChI=1S/C12H16N6/c1-2-9-6-18(5-4-17(9)3-1)12-10-11(14-7-13-10)15-8-16-12/h7-9H,1-6H2,(H,13,14,15,16). The third kappa shape index (κ3) is 1.49. The fourth-order valence-electron chi connectivity index (χ4n) is 3.18. The first-order chi connectivity index (χ1) is 8.92. The Labute approximate surface area is 105 Å². The Kier molecular flexibility index (Phi) is 2.23. The summed E-state index contributed by atoms with van der Waals surface area (Å²) >= 11 is 0. The second-order valence-electron chi connectivity index (χ2n) is 5.08. The number of aromatic nitrogens is 4. The van der Waals surface area contributed by atoms with Crippen molar-refractivity contribution in [3.05, 3.63) is 12.7 Å². The van der Waals surface area contributed by atoms with Crippen LogP contribution in [0.3, 0.4) is 0 Å². The van der Waals surface area contributed by atoms with Gasteiger partial charge in [0.1, 0.15) is 11.8 Å². The van der Waals surface area contributed by atoms with Gasteiger partial charge in [0.15, 0.2) is 11.5 Å². The van der Waals surface area contributed by atoms with Gasteiger partial charge in [0.05, 0.1) is 6.33 Å². The molecule has 0 aromatic carbocycles. The van der Waals surface area contributed by atoms with E-state index in [4.69, 9.17) is 0 Å². The lowest BCUT2D eigenvalue weighted by molar-refractivity contribution is 0.230. The summed E-state index contributed by atoms with van der Waals surface area (Å²) in [6.45, 7) is 4.53. The number of aromatic amines is 1. The maximum Gasteiger partial charge on any atom is 0.182 e. The Morgan fingerprint density at radius 1 is 1.17 bits per heavy atom. The summed E-state index contributed by atoms with van der Waals surface area (Å²) in [5, 5.41) is 0. The van der Waals surface area contributed by atoms with Crippen molar-refractivity contribution in [2.24, 2.45) is 0 Å². The lowest BCUT2D eigenvalue weighted by Crippen LogP contribution is -2.50. The quantitative estimate of drug-likeness (QED) is 0.797. The number of fused-ring (bicyclic) bond motifs is 2. The second kappa shape index (κ2) is 3.91. The van der Waals surface area contributed by atoms with Crippen LogP contribution in [0.5, 0.6) is 0 Å². The van der Waals surface area contributed by atoms with Gasteiger partial charge in [0, 0.05) is 25.7 Å². The lowest BCUT2D eigenvalue weighted by Gasteiger charge is -2.38. The number of anilines is 1. The summed E-state index contributed by atoms with van der Waals surface area (Å²) in [7, 11) is 0. The molecule has 2 fully saturated rings. The van der Waals surface area contributed by atoms with Crippen LogP contribution >= 0.6 is 0 Å². The number of hydrogen-bond acceptors (Lipinski definition) is 5. The van der Waals surface area contributed by atoms with E-state index >= 15 is 0 Å². The number of rotatable bonds is 1. The van der Waals surface area contributed by atoms with Crippen LogP contribution in [0, 0.1) is 0 Å². The number of nitrogens with one attached hydrogen (secondary N) is 1. The predicted molar refractivity (Wildman–Crippen MR) is 68.5 cm³/mol. The molecule has 0 bridgehead atoms. The molecule has 2 aliphatic rings. The van der Waals surface area contributed by atoms with E-state index in [-0.39, 0.29) is 0 Å². The third-order valence-electron chi connectivity index (χ3n) is 4.09. The summed E-state index contributed by atoms with van der Waals surface area (Å²) in [5.41, 5.74) is 1.72. The number of imidazole rings is 1. The highest BCUT2D eigenvalue weighted by molar-refractivity contribution is 5.82. The molecule has 1 unspecified atom stereocenters. The number of nitrogens with zero attached hydrogens (tertiary/aromatic N) is 5. The largest absolute Gasteiger partial charge is 0.352 e. The van der Waals surface area contributed by atoms with E-state index in [1.165, 1.54) is 19.4 Å². The van der Waals surface area contributed by atoms with Crippen molar-refractivity contribution in [1.29, 1.82) is 0 Å². The molecule has 18 heavy (non-hydrogen) atoms. The molecule has 1 N–H and O–H groups in total. The van der Waals surface area contributed by atoms with E-state index in [9.17, 15) is 0 Å². The first kappa shape index (κ1) is 10.3. The van der Waals surface area contributed by atoms with Crippen LogP contribution in [-0.4, -0.2) is 57.1 Å². The molecule has 0 amide bonds. The van der Waals surface area contributed by atoms with Gasteiger partial charge >= 0.3 is 0 Å². The zero-order valence-corrected chi connectivity index (χ0v) is 10.2. The minimum Gasteiger partial charge on any atom is -0.352 e. The van der Waals surface area contributed by atoms with E-state index in [2.05, 4.69) is 29.7 Å². The average Bonchev–Trinajstić information content (AvgIpc) is 3.05. The van der Waals surface area contributed by atoms with Crippen LogP contribution in [0.25, 0.3) is 11.2 Å². The molecule has 4 heterocycles. The van der Waals surface area contributed by atoms with Crippen molar-refractivity contribution in [3.63, 3.8) is 0 Å². The lowest BCUT2D eigenvalue weighted by atomic mass is 10.1. The van der Waals surface area contributed by atoms with Crippen LogP contribution in [0.1, 0.15) is 12.8 Å². The molecule has 0 saturated carbocycles. The topological polar surface area (TPSA) is 60.9 Å². The summed E-state index contributed by atoms with van der Waals surface area (Å²) in [4.78, 5) is 20.9. The molecule has 2 saturated heterocycles. The number of hydrogen-bond donors (Lipinski definition) is 1. The zero-order valence-electron chi connectivity index (χ0n) is 10.2. The molecule has 0 spiro atoms. The van der Waals surface area contributed by atoms with Crippen molar-refractivity contribution in [2.45, 2.75) is 18.9 Å². The molecular formula is C12H16N6. The van der Waals surface area contributed by atoms with Gasteiger partial charge in [0.2, 0.25) is 0 Å². The molecule has 0 aliphatic carbocycles. The van der Waals surface area contributed by atoms with E-state index in [1.54, 1.807) is 12.7 Å². The van der Waals surface area contributed by atoms with E-state index in [1.807, 2.05) is 0 Å². The Morgan fingerprint density at radius 3 is 3.17 bits per heavy atom. The van der Waals surface area contributed by atoms with Crippen molar-refractivity contribution in [2.75, 3.05) is 31.1 Å². The summed E-state index contributed by atoms with van der Waals surface area (Å²) in [5.74, 6) is 1.00. The Bertz CT molecular complexity index is 564. The highest BCUT2D eigenvalue weighted by Gasteiger charge is 2.31. The van der Waals surface area contributed by atoms with Crippen LogP contribution in [0.4, 0.5) is 5.82 Å². The first-order valence-corrected chi connectivity index (χ1v) is 6.55. The second-order valence-corrected chi connectivity index (χ2v) is 5.08. The minimum absolute atomic E-state index is 0.701. The molecular weight excluding hydrogens is 228 g/mol. The van der Waals surface area contributed by atoms with E-state index in [0.29, 0.717) is 6.04 Å². The van der Waals surface area contributed by atoms with Gasteiger partial charge in [0.25, 0.3) is 0 Å².